The lowest BCUT2D eigenvalue weighted by molar-refractivity contribution is 0.447. The monoisotopic (exact) mass is 233 g/mol. The maximum absolute atomic E-state index is 5.62. The average molecular weight is 234 g/mol. The van der Waals surface area contributed by atoms with Gasteiger partial charge in [0.15, 0.2) is 5.15 Å². The molecule has 1 aromatic carbocycles. The molecule has 81 valence electrons. The van der Waals surface area contributed by atoms with E-state index < -0.39 is 0 Å². The van der Waals surface area contributed by atoms with Gasteiger partial charge in [-0.15, -0.1) is 10.2 Å². The van der Waals surface area contributed by atoms with E-state index in [4.69, 9.17) is 16.3 Å². The van der Waals surface area contributed by atoms with Crippen molar-refractivity contribution in [2.45, 2.75) is 13.8 Å². The number of hydrogen-bond acceptors (Lipinski definition) is 3. The van der Waals surface area contributed by atoms with Crippen molar-refractivity contribution in [3.05, 3.63) is 46.6 Å². The fourth-order valence-electron chi connectivity index (χ4n) is 1.38. The van der Waals surface area contributed by atoms with Crippen LogP contribution in [0.2, 0.25) is 5.15 Å². The molecule has 1 aromatic heterocycles. The van der Waals surface area contributed by atoms with Crippen molar-refractivity contribution >= 4 is 11.6 Å². The van der Waals surface area contributed by atoms with E-state index in [1.165, 1.54) is 6.07 Å². The molecule has 0 bridgehead atoms. The second-order valence-electron chi connectivity index (χ2n) is 3.44. The third-order valence-corrected chi connectivity index (χ3v) is 2.34. The van der Waals surface area contributed by atoms with Crippen LogP contribution in [0.4, 0.5) is 0 Å². The number of rotatable bonds is 2. The van der Waals surface area contributed by atoms with Gasteiger partial charge in [0.2, 0.25) is 5.88 Å². The summed E-state index contributed by atoms with van der Waals surface area (Å²) in [5.74, 6) is 1.11. The predicted molar refractivity (Wildman–Crippen MR) is 61.9 cm³/mol. The fourth-order valence-corrected chi connectivity index (χ4v) is 1.47. The Labute approximate surface area is 99.0 Å². The van der Waals surface area contributed by atoms with Crippen LogP contribution in [0.5, 0.6) is 11.6 Å². The molecule has 0 spiro atoms. The number of nitrogens with zero attached hydrogens (tertiary/aromatic N) is 2. The van der Waals surface area contributed by atoms with Crippen molar-refractivity contribution in [2.75, 3.05) is 0 Å². The lowest BCUT2D eigenvalue weighted by atomic mass is 10.1. The van der Waals surface area contributed by atoms with Gasteiger partial charge in [0.25, 0.3) is 0 Å². The van der Waals surface area contributed by atoms with Crippen LogP contribution >= 0.6 is 11.6 Å². The molecule has 2 rings (SSSR count). The van der Waals surface area contributed by atoms with E-state index in [1.54, 1.807) is 0 Å². The first kappa shape index (κ1) is 10.9. The molecule has 2 aromatic rings. The Bertz CT molecular complexity index is 477. The summed E-state index contributed by atoms with van der Waals surface area (Å²) >= 11 is 5.62. The van der Waals surface area contributed by atoms with E-state index in [0.29, 0.717) is 11.0 Å². The molecule has 4 heteroatoms. The normalized spacial score (nSPS) is 10.2. The summed E-state index contributed by atoms with van der Waals surface area (Å²) in [6, 6.07) is 10.3. The summed E-state index contributed by atoms with van der Waals surface area (Å²) in [6.45, 7) is 3.96. The number of hydrogen-bond donors (Lipinski definition) is 0. The number of halogens is 1. The molecule has 3 nitrogen and oxygen atoms in total. The van der Waals surface area contributed by atoms with Crippen LogP contribution in [0.25, 0.3) is 0 Å². The van der Waals surface area contributed by atoms with Crippen molar-refractivity contribution in [2.24, 2.45) is 0 Å². The van der Waals surface area contributed by atoms with Gasteiger partial charge in [-0.25, -0.2) is 0 Å². The van der Waals surface area contributed by atoms with Crippen molar-refractivity contribution in [3.63, 3.8) is 0 Å². The topological polar surface area (TPSA) is 35.0 Å². The fraction of sp³-hybridized carbons (Fsp3) is 0.167. The van der Waals surface area contributed by atoms with Crippen LogP contribution < -0.4 is 4.74 Å². The minimum absolute atomic E-state index is 0.300. The zero-order valence-corrected chi connectivity index (χ0v) is 9.75. The standard InChI is InChI=1S/C12H10ClN2O/c1-8-4-3-5-9(2)12(8)16-11-7-6-10(13)14-15-11/h3-6H,1-2H3. The van der Waals surface area contributed by atoms with Crippen molar-refractivity contribution in [1.29, 1.82) is 0 Å². The van der Waals surface area contributed by atoms with Gasteiger partial charge in [-0.05, 0) is 31.0 Å². The van der Waals surface area contributed by atoms with Crippen molar-refractivity contribution in [3.8, 4) is 11.6 Å². The van der Waals surface area contributed by atoms with E-state index in [0.717, 1.165) is 16.9 Å². The Kier molecular flexibility index (Phi) is 3.06. The Balaban J connectivity index is 2.30. The molecule has 1 heterocycles. The molecule has 16 heavy (non-hydrogen) atoms. The summed E-state index contributed by atoms with van der Waals surface area (Å²) in [6.07, 6.45) is 0. The lowest BCUT2D eigenvalue weighted by Crippen LogP contribution is -1.94. The molecule has 0 atom stereocenters. The van der Waals surface area contributed by atoms with Gasteiger partial charge in [-0.3, -0.25) is 0 Å². The second-order valence-corrected chi connectivity index (χ2v) is 3.83. The second kappa shape index (κ2) is 4.49. The quantitative estimate of drug-likeness (QED) is 0.798. The minimum Gasteiger partial charge on any atom is -0.436 e. The molecule has 1 radical (unpaired) electrons. The molecular formula is C12H10ClN2O. The van der Waals surface area contributed by atoms with Gasteiger partial charge in [0, 0.05) is 0 Å². The smallest absolute Gasteiger partial charge is 0.247 e. The van der Waals surface area contributed by atoms with Gasteiger partial charge in [-0.1, -0.05) is 29.8 Å². The Morgan fingerprint density at radius 2 is 1.88 bits per heavy atom. The van der Waals surface area contributed by atoms with Crippen LogP contribution in [0.3, 0.4) is 0 Å². The molecule has 0 unspecified atom stereocenters. The van der Waals surface area contributed by atoms with Crippen LogP contribution in [0, 0.1) is 19.9 Å². The number of aromatic nitrogens is 2. The van der Waals surface area contributed by atoms with Crippen LogP contribution in [0.15, 0.2) is 24.3 Å². The highest BCUT2D eigenvalue weighted by Gasteiger charge is 2.06. The Hall–Kier alpha value is -1.61. The molecule has 0 saturated carbocycles. The number of benzene rings is 1. The molecule has 0 aliphatic rings. The summed E-state index contributed by atoms with van der Waals surface area (Å²) in [7, 11) is 0. The van der Waals surface area contributed by atoms with Crippen LogP contribution in [0.1, 0.15) is 11.1 Å². The van der Waals surface area contributed by atoms with Crippen molar-refractivity contribution < 1.29 is 4.74 Å². The maximum atomic E-state index is 5.62. The highest BCUT2D eigenvalue weighted by molar-refractivity contribution is 6.29. The first-order valence-corrected chi connectivity index (χ1v) is 5.19. The van der Waals surface area contributed by atoms with Gasteiger partial charge in [-0.2, -0.15) is 0 Å². The number of ether oxygens (including phenoxy) is 1. The molecule has 0 fully saturated rings. The lowest BCUT2D eigenvalue weighted by Gasteiger charge is -2.09. The van der Waals surface area contributed by atoms with E-state index in [-0.39, 0.29) is 0 Å². The molecular weight excluding hydrogens is 224 g/mol. The highest BCUT2D eigenvalue weighted by atomic mass is 35.5. The van der Waals surface area contributed by atoms with E-state index in [2.05, 4.69) is 16.3 Å². The zero-order valence-electron chi connectivity index (χ0n) is 8.99. The Morgan fingerprint density at radius 1 is 1.19 bits per heavy atom. The first-order valence-electron chi connectivity index (χ1n) is 4.82. The van der Waals surface area contributed by atoms with Gasteiger partial charge in [0.1, 0.15) is 5.75 Å². The molecule has 0 aliphatic carbocycles. The third kappa shape index (κ3) is 2.31. The van der Waals surface area contributed by atoms with Crippen molar-refractivity contribution in [1.82, 2.24) is 10.2 Å². The highest BCUT2D eigenvalue weighted by Crippen LogP contribution is 2.26. The molecule has 0 amide bonds. The number of para-hydroxylation sites is 1. The summed E-state index contributed by atoms with van der Waals surface area (Å²) < 4.78 is 5.61. The SMILES string of the molecule is Cc1cccc(C)c1Oc1[c]cc(Cl)nn1. The van der Waals surface area contributed by atoms with E-state index in [9.17, 15) is 0 Å². The van der Waals surface area contributed by atoms with E-state index in [1.807, 2.05) is 32.0 Å². The summed E-state index contributed by atoms with van der Waals surface area (Å²) in [5.41, 5.74) is 2.09. The molecule has 0 saturated heterocycles. The average Bonchev–Trinajstić information content (AvgIpc) is 2.26. The zero-order chi connectivity index (χ0) is 11.5. The molecule has 0 aliphatic heterocycles. The third-order valence-electron chi connectivity index (χ3n) is 2.16. The van der Waals surface area contributed by atoms with Gasteiger partial charge < -0.3 is 4.74 Å². The Morgan fingerprint density at radius 3 is 2.44 bits per heavy atom. The maximum Gasteiger partial charge on any atom is 0.247 e. The minimum atomic E-state index is 0.300. The largest absolute Gasteiger partial charge is 0.436 e. The summed E-state index contributed by atoms with van der Waals surface area (Å²) in [4.78, 5) is 0. The van der Waals surface area contributed by atoms with Gasteiger partial charge >= 0.3 is 0 Å². The van der Waals surface area contributed by atoms with Crippen LogP contribution in [-0.4, -0.2) is 10.2 Å². The van der Waals surface area contributed by atoms with E-state index >= 15 is 0 Å². The van der Waals surface area contributed by atoms with Crippen LogP contribution in [-0.2, 0) is 0 Å². The predicted octanol–water partition coefficient (Wildman–Crippen LogP) is 3.34. The summed E-state index contributed by atoms with van der Waals surface area (Å²) in [5, 5.41) is 7.79. The number of aryl methyl sites for hydroxylation is 2. The van der Waals surface area contributed by atoms with Gasteiger partial charge in [0.05, 0.1) is 6.07 Å². The first-order chi connectivity index (χ1) is 7.66. The molecule has 0 N–H and O–H groups in total.